The second-order valence-electron chi connectivity index (χ2n) is 13.6. The molecule has 0 saturated carbocycles. The maximum absolute atomic E-state index is 6.60. The molecular formula is C42H34BNO3S. The molecule has 8 aromatic rings. The molecule has 0 N–H and O–H groups in total. The summed E-state index contributed by atoms with van der Waals surface area (Å²) in [4.78, 5) is 2.36. The van der Waals surface area contributed by atoms with Crippen molar-refractivity contribution < 1.29 is 13.7 Å². The summed E-state index contributed by atoms with van der Waals surface area (Å²) in [6.07, 6.45) is 0. The number of para-hydroxylation sites is 2. The van der Waals surface area contributed by atoms with E-state index in [2.05, 4.69) is 154 Å². The van der Waals surface area contributed by atoms with Crippen molar-refractivity contribution in [1.29, 1.82) is 0 Å². The number of nitrogens with zero attached hydrogens (tertiary/aromatic N) is 1. The van der Waals surface area contributed by atoms with E-state index >= 15 is 0 Å². The van der Waals surface area contributed by atoms with Gasteiger partial charge in [-0.1, -0.05) is 78.9 Å². The number of fused-ring (bicyclic) bond motifs is 6. The number of furan rings is 1. The first-order valence-electron chi connectivity index (χ1n) is 16.4. The van der Waals surface area contributed by atoms with Gasteiger partial charge in [-0.05, 0) is 93.3 Å². The molecule has 6 aromatic carbocycles. The van der Waals surface area contributed by atoms with Crippen LogP contribution in [0.2, 0.25) is 0 Å². The SMILES string of the molecule is CC1(C)OB(c2ccc(-c3cc(N(c4ccccc4)c4ccc5sc6ccccc6c5c4)cc4c3oc3ccccc34)cc2)OC1(C)C. The van der Waals surface area contributed by atoms with Crippen molar-refractivity contribution in [2.24, 2.45) is 0 Å². The first-order valence-corrected chi connectivity index (χ1v) is 17.3. The summed E-state index contributed by atoms with van der Waals surface area (Å²) < 4.78 is 21.9. The highest BCUT2D eigenvalue weighted by atomic mass is 32.1. The lowest BCUT2D eigenvalue weighted by Gasteiger charge is -2.32. The van der Waals surface area contributed by atoms with E-state index in [4.69, 9.17) is 13.7 Å². The summed E-state index contributed by atoms with van der Waals surface area (Å²) in [6, 6.07) is 47.5. The molecule has 1 aliphatic rings. The van der Waals surface area contributed by atoms with Crippen LogP contribution in [-0.2, 0) is 9.31 Å². The fourth-order valence-corrected chi connectivity index (χ4v) is 7.92. The van der Waals surface area contributed by atoms with Gasteiger partial charge >= 0.3 is 7.12 Å². The van der Waals surface area contributed by atoms with Crippen LogP contribution in [0.5, 0.6) is 0 Å². The summed E-state index contributed by atoms with van der Waals surface area (Å²) >= 11 is 1.84. The second-order valence-corrected chi connectivity index (χ2v) is 14.7. The summed E-state index contributed by atoms with van der Waals surface area (Å²) in [6.45, 7) is 8.34. The smallest absolute Gasteiger partial charge is 0.455 e. The van der Waals surface area contributed by atoms with E-state index in [0.29, 0.717) is 0 Å². The minimum Gasteiger partial charge on any atom is -0.455 e. The van der Waals surface area contributed by atoms with E-state index in [1.54, 1.807) is 0 Å². The first kappa shape index (κ1) is 29.3. The van der Waals surface area contributed by atoms with Crippen molar-refractivity contribution in [1.82, 2.24) is 0 Å². The van der Waals surface area contributed by atoms with Crippen molar-refractivity contribution in [3.8, 4) is 11.1 Å². The minimum atomic E-state index is -0.418. The van der Waals surface area contributed by atoms with Crippen molar-refractivity contribution in [2.75, 3.05) is 4.90 Å². The molecule has 1 aliphatic heterocycles. The second kappa shape index (κ2) is 10.8. The van der Waals surface area contributed by atoms with Gasteiger partial charge in [-0.15, -0.1) is 11.3 Å². The lowest BCUT2D eigenvalue weighted by atomic mass is 9.78. The van der Waals surface area contributed by atoms with Crippen LogP contribution >= 0.6 is 11.3 Å². The van der Waals surface area contributed by atoms with Gasteiger partial charge in [-0.3, -0.25) is 0 Å². The van der Waals surface area contributed by atoms with Crippen LogP contribution < -0.4 is 10.4 Å². The van der Waals surface area contributed by atoms with Gasteiger partial charge in [0.05, 0.1) is 11.2 Å². The standard InChI is InChI=1S/C42H34BNO3S/c1-41(2)42(3,4)47-43(46-41)28-20-18-27(19-21-28)34-25-31(26-36-32-14-8-10-16-37(32)45-40(34)36)44(29-12-6-5-7-13-29)30-22-23-39-35(24-30)33-15-9-11-17-38(33)48-39/h5-26H,1-4H3. The minimum absolute atomic E-state index is 0.398. The number of rotatable bonds is 5. The summed E-state index contributed by atoms with van der Waals surface area (Å²) in [5.74, 6) is 0. The largest absolute Gasteiger partial charge is 0.494 e. The summed E-state index contributed by atoms with van der Waals surface area (Å²) in [5.41, 5.74) is 7.29. The maximum atomic E-state index is 6.60. The fourth-order valence-electron chi connectivity index (χ4n) is 6.83. The Bertz CT molecular complexity index is 2460. The molecule has 0 radical (unpaired) electrons. The average molecular weight is 644 g/mol. The Hall–Kier alpha value is -4.88. The van der Waals surface area contributed by atoms with E-state index in [1.807, 2.05) is 23.5 Å². The predicted octanol–water partition coefficient (Wildman–Crippen LogP) is 11.4. The van der Waals surface area contributed by atoms with Crippen LogP contribution in [0, 0.1) is 0 Å². The molecule has 234 valence electrons. The molecule has 0 atom stereocenters. The maximum Gasteiger partial charge on any atom is 0.494 e. The molecule has 0 amide bonds. The molecule has 4 nitrogen and oxygen atoms in total. The Morgan fingerprint density at radius 2 is 1.19 bits per heavy atom. The fraction of sp³-hybridized carbons (Fsp3) is 0.143. The predicted molar refractivity (Wildman–Crippen MR) is 202 cm³/mol. The van der Waals surface area contributed by atoms with Gasteiger partial charge < -0.3 is 18.6 Å². The highest BCUT2D eigenvalue weighted by molar-refractivity contribution is 7.25. The van der Waals surface area contributed by atoms with E-state index < -0.39 is 18.3 Å². The Labute approximate surface area is 284 Å². The van der Waals surface area contributed by atoms with Gasteiger partial charge in [0.25, 0.3) is 0 Å². The van der Waals surface area contributed by atoms with E-state index in [9.17, 15) is 0 Å². The lowest BCUT2D eigenvalue weighted by molar-refractivity contribution is 0.00578. The van der Waals surface area contributed by atoms with Crippen LogP contribution in [0.3, 0.4) is 0 Å². The average Bonchev–Trinajstić information content (AvgIpc) is 3.73. The first-order chi connectivity index (χ1) is 23.3. The van der Waals surface area contributed by atoms with Gasteiger partial charge in [0, 0.05) is 53.6 Å². The molecule has 1 fully saturated rings. The number of anilines is 3. The number of hydrogen-bond donors (Lipinski definition) is 0. The Balaban J connectivity index is 1.23. The molecule has 9 rings (SSSR count). The quantitative estimate of drug-likeness (QED) is 0.175. The zero-order valence-corrected chi connectivity index (χ0v) is 28.2. The monoisotopic (exact) mass is 643 g/mol. The molecule has 6 heteroatoms. The molecule has 1 saturated heterocycles. The van der Waals surface area contributed by atoms with Gasteiger partial charge in [-0.25, -0.2) is 0 Å². The Kier molecular flexibility index (Phi) is 6.60. The third-order valence-electron chi connectivity index (χ3n) is 10.1. The molecule has 48 heavy (non-hydrogen) atoms. The van der Waals surface area contributed by atoms with Gasteiger partial charge in [-0.2, -0.15) is 0 Å². The van der Waals surface area contributed by atoms with E-state index in [-0.39, 0.29) is 0 Å². The van der Waals surface area contributed by atoms with Gasteiger partial charge in [0.2, 0.25) is 0 Å². The van der Waals surface area contributed by atoms with Crippen LogP contribution in [0.4, 0.5) is 17.1 Å². The van der Waals surface area contributed by atoms with Crippen LogP contribution in [0.25, 0.3) is 53.2 Å². The summed E-state index contributed by atoms with van der Waals surface area (Å²) in [7, 11) is -0.418. The van der Waals surface area contributed by atoms with Crippen molar-refractivity contribution in [3.05, 3.63) is 133 Å². The van der Waals surface area contributed by atoms with Crippen LogP contribution in [-0.4, -0.2) is 18.3 Å². The third kappa shape index (κ3) is 4.67. The molecule has 0 bridgehead atoms. The lowest BCUT2D eigenvalue weighted by Crippen LogP contribution is -2.41. The van der Waals surface area contributed by atoms with Gasteiger partial charge in [0.1, 0.15) is 11.2 Å². The van der Waals surface area contributed by atoms with Crippen molar-refractivity contribution >= 4 is 83.1 Å². The normalized spacial score (nSPS) is 15.6. The highest BCUT2D eigenvalue weighted by Gasteiger charge is 2.51. The van der Waals surface area contributed by atoms with Crippen LogP contribution in [0.15, 0.2) is 138 Å². The topological polar surface area (TPSA) is 34.8 Å². The molecule has 0 spiro atoms. The summed E-state index contributed by atoms with van der Waals surface area (Å²) in [5, 5.41) is 4.72. The van der Waals surface area contributed by atoms with Crippen molar-refractivity contribution in [3.63, 3.8) is 0 Å². The third-order valence-corrected chi connectivity index (χ3v) is 11.3. The Morgan fingerprint density at radius 1 is 0.542 bits per heavy atom. The zero-order chi connectivity index (χ0) is 32.6. The number of benzene rings is 6. The molecule has 2 aromatic heterocycles. The van der Waals surface area contributed by atoms with Crippen molar-refractivity contribution in [2.45, 2.75) is 38.9 Å². The zero-order valence-electron chi connectivity index (χ0n) is 27.4. The van der Waals surface area contributed by atoms with E-state index in [0.717, 1.165) is 55.6 Å². The van der Waals surface area contributed by atoms with Crippen LogP contribution in [0.1, 0.15) is 27.7 Å². The Morgan fingerprint density at radius 3 is 1.96 bits per heavy atom. The van der Waals surface area contributed by atoms with Gasteiger partial charge in [0.15, 0.2) is 0 Å². The highest BCUT2D eigenvalue weighted by Crippen LogP contribution is 2.45. The molecule has 0 unspecified atom stereocenters. The number of hydrogen-bond acceptors (Lipinski definition) is 5. The molecular weight excluding hydrogens is 609 g/mol. The number of thiophene rings is 1. The molecule has 0 aliphatic carbocycles. The van der Waals surface area contributed by atoms with E-state index in [1.165, 1.54) is 20.2 Å². The molecule has 3 heterocycles.